The summed E-state index contributed by atoms with van der Waals surface area (Å²) in [6.07, 6.45) is 2.48. The van der Waals surface area contributed by atoms with E-state index in [0.29, 0.717) is 6.42 Å². The van der Waals surface area contributed by atoms with E-state index in [2.05, 4.69) is 29.0 Å². The molecular weight excluding hydrogens is 344 g/mol. The Hall–Kier alpha value is -1.92. The molecule has 1 saturated heterocycles. The van der Waals surface area contributed by atoms with Gasteiger partial charge in [-0.05, 0) is 19.0 Å². The number of thiazole rings is 1. The highest BCUT2D eigenvalue weighted by Gasteiger charge is 2.25. The third-order valence-electron chi connectivity index (χ3n) is 5.28. The lowest BCUT2D eigenvalue weighted by Crippen LogP contribution is -2.48. The molecular formula is C20H26N4OS. The predicted molar refractivity (Wildman–Crippen MR) is 106 cm³/mol. The van der Waals surface area contributed by atoms with Crippen molar-refractivity contribution in [2.45, 2.75) is 25.8 Å². The highest BCUT2D eigenvalue weighted by atomic mass is 32.1. The zero-order chi connectivity index (χ0) is 17.9. The molecule has 0 unspecified atom stereocenters. The van der Waals surface area contributed by atoms with Gasteiger partial charge in [0.15, 0.2) is 5.13 Å². The molecule has 1 fully saturated rings. The average Bonchev–Trinajstić information content (AvgIpc) is 3.10. The molecule has 0 bridgehead atoms. The van der Waals surface area contributed by atoms with Crippen molar-refractivity contribution in [1.82, 2.24) is 14.8 Å². The molecule has 1 aromatic carbocycles. The van der Waals surface area contributed by atoms with Crippen molar-refractivity contribution in [3.05, 3.63) is 46.5 Å². The van der Waals surface area contributed by atoms with Crippen molar-refractivity contribution < 1.29 is 4.79 Å². The molecule has 1 aromatic heterocycles. The van der Waals surface area contributed by atoms with Crippen LogP contribution in [0.4, 0.5) is 5.13 Å². The minimum absolute atomic E-state index is 0.272. The molecule has 0 radical (unpaired) electrons. The number of aromatic nitrogens is 1. The molecule has 0 spiro atoms. The van der Waals surface area contributed by atoms with Crippen molar-refractivity contribution in [3.8, 4) is 0 Å². The van der Waals surface area contributed by atoms with Gasteiger partial charge in [-0.2, -0.15) is 0 Å². The topological polar surface area (TPSA) is 39.7 Å². The van der Waals surface area contributed by atoms with Crippen molar-refractivity contribution >= 4 is 22.4 Å². The predicted octanol–water partition coefficient (Wildman–Crippen LogP) is 2.41. The fourth-order valence-electron chi connectivity index (χ4n) is 3.65. The number of hydrogen-bond acceptors (Lipinski definition) is 5. The maximum Gasteiger partial charge on any atom is 0.223 e. The fraction of sp³-hybridized carbons (Fsp3) is 0.500. The van der Waals surface area contributed by atoms with Gasteiger partial charge in [-0.15, -0.1) is 11.3 Å². The van der Waals surface area contributed by atoms with Gasteiger partial charge in [0.2, 0.25) is 5.91 Å². The third kappa shape index (κ3) is 3.91. The number of benzene rings is 1. The molecule has 1 amide bonds. The van der Waals surface area contributed by atoms with E-state index in [0.717, 1.165) is 57.2 Å². The van der Waals surface area contributed by atoms with E-state index < -0.39 is 0 Å². The monoisotopic (exact) mass is 370 g/mol. The smallest absolute Gasteiger partial charge is 0.223 e. The van der Waals surface area contributed by atoms with E-state index in [1.807, 2.05) is 34.4 Å². The largest absolute Gasteiger partial charge is 0.345 e. The van der Waals surface area contributed by atoms with Gasteiger partial charge in [-0.3, -0.25) is 4.79 Å². The summed E-state index contributed by atoms with van der Waals surface area (Å²) in [7, 11) is 2.17. The van der Waals surface area contributed by atoms with E-state index in [-0.39, 0.29) is 5.91 Å². The molecule has 3 heterocycles. The zero-order valence-corrected chi connectivity index (χ0v) is 16.2. The van der Waals surface area contributed by atoms with Crippen LogP contribution in [0.2, 0.25) is 0 Å². The summed E-state index contributed by atoms with van der Waals surface area (Å²) in [5.41, 5.74) is 2.52. The number of nitrogens with zero attached hydrogens (tertiary/aromatic N) is 4. The van der Waals surface area contributed by atoms with E-state index >= 15 is 0 Å². The molecule has 5 nitrogen and oxygen atoms in total. The first-order valence-electron chi connectivity index (χ1n) is 9.43. The molecule has 2 aliphatic heterocycles. The molecule has 0 N–H and O–H groups in total. The number of carbonyl (C=O) groups is 1. The summed E-state index contributed by atoms with van der Waals surface area (Å²) in [5.74, 6) is 0.272. The molecule has 4 rings (SSSR count). The summed E-state index contributed by atoms with van der Waals surface area (Å²) in [6.45, 7) is 5.50. The van der Waals surface area contributed by atoms with Crippen molar-refractivity contribution in [2.24, 2.45) is 0 Å². The third-order valence-corrected chi connectivity index (χ3v) is 6.43. The maximum absolute atomic E-state index is 12.5. The summed E-state index contributed by atoms with van der Waals surface area (Å²) in [4.78, 5) is 25.5. The molecule has 0 aliphatic carbocycles. The van der Waals surface area contributed by atoms with Crippen LogP contribution in [-0.4, -0.2) is 60.5 Å². The van der Waals surface area contributed by atoms with Crippen LogP contribution in [0.1, 0.15) is 22.6 Å². The second kappa shape index (κ2) is 7.76. The van der Waals surface area contributed by atoms with Crippen LogP contribution in [0.3, 0.4) is 0 Å². The minimum Gasteiger partial charge on any atom is -0.345 e. The number of fused-ring (bicyclic) bond motifs is 1. The SMILES string of the molecule is CN1CCc2nc(N3CCN(C(=O)CCc4ccccc4)CC3)sc2C1. The quantitative estimate of drug-likeness (QED) is 0.829. The summed E-state index contributed by atoms with van der Waals surface area (Å²) in [5, 5.41) is 1.14. The van der Waals surface area contributed by atoms with Gasteiger partial charge in [0.25, 0.3) is 0 Å². The molecule has 2 aliphatic rings. The average molecular weight is 371 g/mol. The lowest BCUT2D eigenvalue weighted by atomic mass is 10.1. The first-order chi connectivity index (χ1) is 12.7. The Balaban J connectivity index is 1.29. The Morgan fingerprint density at radius 1 is 1.12 bits per heavy atom. The molecule has 26 heavy (non-hydrogen) atoms. The van der Waals surface area contributed by atoms with Crippen LogP contribution in [-0.2, 0) is 24.2 Å². The Bertz CT molecular complexity index is 752. The minimum atomic E-state index is 0.272. The molecule has 6 heteroatoms. The second-order valence-corrected chi connectivity index (χ2v) is 8.27. The number of piperazine rings is 1. The highest BCUT2D eigenvalue weighted by Crippen LogP contribution is 2.30. The maximum atomic E-state index is 12.5. The molecule has 0 atom stereocenters. The molecule has 2 aromatic rings. The molecule has 138 valence electrons. The van der Waals surface area contributed by atoms with E-state index in [9.17, 15) is 4.79 Å². The summed E-state index contributed by atoms with van der Waals surface area (Å²) in [6, 6.07) is 10.3. The first-order valence-corrected chi connectivity index (χ1v) is 10.2. The van der Waals surface area contributed by atoms with Crippen LogP contribution in [0.25, 0.3) is 0 Å². The van der Waals surface area contributed by atoms with Crippen molar-refractivity contribution in [2.75, 3.05) is 44.7 Å². The van der Waals surface area contributed by atoms with Gasteiger partial charge in [-0.1, -0.05) is 30.3 Å². The van der Waals surface area contributed by atoms with Gasteiger partial charge >= 0.3 is 0 Å². The molecule has 0 saturated carbocycles. The zero-order valence-electron chi connectivity index (χ0n) is 15.4. The number of aryl methyl sites for hydroxylation is 1. The number of hydrogen-bond donors (Lipinski definition) is 0. The number of carbonyl (C=O) groups excluding carboxylic acids is 1. The van der Waals surface area contributed by atoms with Gasteiger partial charge in [-0.25, -0.2) is 4.98 Å². The van der Waals surface area contributed by atoms with Crippen LogP contribution in [0.5, 0.6) is 0 Å². The van der Waals surface area contributed by atoms with Gasteiger partial charge < -0.3 is 14.7 Å². The van der Waals surface area contributed by atoms with E-state index in [4.69, 9.17) is 4.98 Å². The van der Waals surface area contributed by atoms with Crippen LogP contribution in [0.15, 0.2) is 30.3 Å². The Morgan fingerprint density at radius 3 is 2.65 bits per heavy atom. The Labute approximate surface area is 159 Å². The first kappa shape index (κ1) is 17.5. The lowest BCUT2D eigenvalue weighted by Gasteiger charge is -2.34. The Morgan fingerprint density at radius 2 is 1.88 bits per heavy atom. The highest BCUT2D eigenvalue weighted by molar-refractivity contribution is 7.15. The number of likely N-dealkylation sites (N-methyl/N-ethyl adjacent to an activating group) is 1. The summed E-state index contributed by atoms with van der Waals surface area (Å²) < 4.78 is 0. The number of anilines is 1. The second-order valence-electron chi connectivity index (χ2n) is 7.21. The van der Waals surface area contributed by atoms with E-state index in [1.165, 1.54) is 16.1 Å². The van der Waals surface area contributed by atoms with Crippen LogP contribution in [0, 0.1) is 0 Å². The van der Waals surface area contributed by atoms with Crippen molar-refractivity contribution in [1.29, 1.82) is 0 Å². The summed E-state index contributed by atoms with van der Waals surface area (Å²) >= 11 is 1.83. The van der Waals surface area contributed by atoms with Crippen molar-refractivity contribution in [3.63, 3.8) is 0 Å². The Kier molecular flexibility index (Phi) is 5.22. The lowest BCUT2D eigenvalue weighted by molar-refractivity contribution is -0.131. The van der Waals surface area contributed by atoms with Crippen LogP contribution >= 0.6 is 11.3 Å². The standard InChI is InChI=1S/C20H26N4OS/c1-22-10-9-17-18(15-22)26-20(21-17)24-13-11-23(12-14-24)19(25)8-7-16-5-3-2-4-6-16/h2-6H,7-15H2,1H3. The number of amides is 1. The van der Waals surface area contributed by atoms with Gasteiger partial charge in [0.05, 0.1) is 5.69 Å². The van der Waals surface area contributed by atoms with Gasteiger partial charge in [0, 0.05) is 57.0 Å². The van der Waals surface area contributed by atoms with Crippen LogP contribution < -0.4 is 4.90 Å². The fourth-order valence-corrected chi connectivity index (χ4v) is 4.88. The van der Waals surface area contributed by atoms with Gasteiger partial charge in [0.1, 0.15) is 0 Å². The number of rotatable bonds is 4. The normalized spacial score (nSPS) is 18.0. The van der Waals surface area contributed by atoms with E-state index in [1.54, 1.807) is 0 Å².